The molecule has 1 amide bonds. The Hall–Kier alpha value is -0.970. The van der Waals surface area contributed by atoms with E-state index in [9.17, 15) is 4.79 Å². The summed E-state index contributed by atoms with van der Waals surface area (Å²) in [6.07, 6.45) is 3.03. The van der Waals surface area contributed by atoms with E-state index in [-0.39, 0.29) is 18.3 Å². The van der Waals surface area contributed by atoms with Crippen LogP contribution in [0, 0.1) is 11.8 Å². The van der Waals surface area contributed by atoms with Crippen LogP contribution in [0.25, 0.3) is 0 Å². The van der Waals surface area contributed by atoms with Gasteiger partial charge in [0.1, 0.15) is 12.4 Å². The van der Waals surface area contributed by atoms with Gasteiger partial charge in [-0.15, -0.1) is 12.4 Å². The average Bonchev–Trinajstić information content (AvgIpc) is 2.54. The number of benzene rings is 1. The molecule has 0 aliphatic carbocycles. The molecule has 6 heteroatoms. The summed E-state index contributed by atoms with van der Waals surface area (Å²) in [5, 5.41) is 7.01. The first-order chi connectivity index (χ1) is 10.6. The van der Waals surface area contributed by atoms with E-state index in [1.54, 1.807) is 12.1 Å². The number of rotatable bonds is 7. The molecule has 130 valence electrons. The molecule has 0 bridgehead atoms. The lowest BCUT2D eigenvalue weighted by Gasteiger charge is -2.28. The number of carbonyl (C=O) groups is 1. The molecule has 2 N–H and O–H groups in total. The molecule has 1 saturated heterocycles. The van der Waals surface area contributed by atoms with Gasteiger partial charge in [-0.25, -0.2) is 0 Å². The highest BCUT2D eigenvalue weighted by atomic mass is 35.5. The van der Waals surface area contributed by atoms with E-state index in [2.05, 4.69) is 17.6 Å². The van der Waals surface area contributed by atoms with Gasteiger partial charge >= 0.3 is 0 Å². The smallest absolute Gasteiger partial charge is 0.220 e. The maximum Gasteiger partial charge on any atom is 0.220 e. The number of amides is 1. The standard InChI is InChI=1S/C17H25ClN2O2.ClH/c1-13(14-3-2-8-19-12-14)11-17(21)20-9-10-22-16-6-4-15(18)5-7-16;/h4-7,13-14,19H,2-3,8-12H2,1H3,(H,20,21);1H. The first-order valence-corrected chi connectivity index (χ1v) is 8.38. The summed E-state index contributed by atoms with van der Waals surface area (Å²) < 4.78 is 5.55. The van der Waals surface area contributed by atoms with Crippen molar-refractivity contribution in [1.29, 1.82) is 0 Å². The molecular weight excluding hydrogens is 335 g/mol. The van der Waals surface area contributed by atoms with Crippen LogP contribution in [-0.2, 0) is 4.79 Å². The number of carbonyl (C=O) groups excluding carboxylic acids is 1. The monoisotopic (exact) mass is 360 g/mol. The van der Waals surface area contributed by atoms with Crippen LogP contribution in [0.5, 0.6) is 5.75 Å². The summed E-state index contributed by atoms with van der Waals surface area (Å²) in [7, 11) is 0. The summed E-state index contributed by atoms with van der Waals surface area (Å²) in [6.45, 7) is 5.30. The first-order valence-electron chi connectivity index (χ1n) is 8.01. The Morgan fingerprint density at radius 3 is 2.83 bits per heavy atom. The number of hydrogen-bond acceptors (Lipinski definition) is 3. The van der Waals surface area contributed by atoms with E-state index in [4.69, 9.17) is 16.3 Å². The molecule has 1 aliphatic rings. The van der Waals surface area contributed by atoms with Gasteiger partial charge in [-0.1, -0.05) is 18.5 Å². The lowest BCUT2D eigenvalue weighted by molar-refractivity contribution is -0.122. The highest BCUT2D eigenvalue weighted by Gasteiger charge is 2.21. The van der Waals surface area contributed by atoms with Gasteiger partial charge in [0.2, 0.25) is 5.91 Å². The molecule has 0 spiro atoms. The van der Waals surface area contributed by atoms with E-state index < -0.39 is 0 Å². The van der Waals surface area contributed by atoms with Crippen molar-refractivity contribution < 1.29 is 9.53 Å². The second-order valence-corrected chi connectivity index (χ2v) is 6.38. The molecule has 1 aromatic rings. The summed E-state index contributed by atoms with van der Waals surface area (Å²) in [5.74, 6) is 1.91. The SMILES string of the molecule is CC(CC(=O)NCCOc1ccc(Cl)cc1)C1CCCNC1.Cl. The quantitative estimate of drug-likeness (QED) is 0.733. The van der Waals surface area contributed by atoms with Gasteiger partial charge in [-0.05, 0) is 62.0 Å². The number of halogens is 2. The summed E-state index contributed by atoms with van der Waals surface area (Å²) >= 11 is 5.81. The molecule has 1 aliphatic heterocycles. The Morgan fingerprint density at radius 2 is 2.17 bits per heavy atom. The fraction of sp³-hybridized carbons (Fsp3) is 0.588. The Morgan fingerprint density at radius 1 is 1.43 bits per heavy atom. The van der Waals surface area contributed by atoms with Crippen LogP contribution in [0.1, 0.15) is 26.2 Å². The Balaban J connectivity index is 0.00000264. The molecular formula is C17H26Cl2N2O2. The lowest BCUT2D eigenvalue weighted by Crippen LogP contribution is -2.36. The molecule has 1 heterocycles. The van der Waals surface area contributed by atoms with Crippen molar-refractivity contribution in [3.63, 3.8) is 0 Å². The van der Waals surface area contributed by atoms with Gasteiger partial charge in [-0.2, -0.15) is 0 Å². The third kappa shape index (κ3) is 7.42. The molecule has 4 nitrogen and oxygen atoms in total. The minimum atomic E-state index is 0. The molecule has 0 aromatic heterocycles. The predicted octanol–water partition coefficient (Wildman–Crippen LogP) is 3.28. The Bertz CT molecular complexity index is 462. The van der Waals surface area contributed by atoms with Gasteiger partial charge in [0.25, 0.3) is 0 Å². The third-order valence-electron chi connectivity index (χ3n) is 4.15. The summed E-state index contributed by atoms with van der Waals surface area (Å²) in [6, 6.07) is 7.22. The lowest BCUT2D eigenvalue weighted by atomic mass is 9.85. The van der Waals surface area contributed by atoms with Crippen molar-refractivity contribution in [3.05, 3.63) is 29.3 Å². The van der Waals surface area contributed by atoms with E-state index in [1.807, 2.05) is 12.1 Å². The summed E-state index contributed by atoms with van der Waals surface area (Å²) in [5.41, 5.74) is 0. The fourth-order valence-corrected chi connectivity index (χ4v) is 2.91. The molecule has 23 heavy (non-hydrogen) atoms. The van der Waals surface area contributed by atoms with Crippen molar-refractivity contribution in [3.8, 4) is 5.75 Å². The topological polar surface area (TPSA) is 50.4 Å². The van der Waals surface area contributed by atoms with Crippen molar-refractivity contribution in [1.82, 2.24) is 10.6 Å². The molecule has 2 atom stereocenters. The van der Waals surface area contributed by atoms with Gasteiger partial charge in [0, 0.05) is 11.4 Å². The van der Waals surface area contributed by atoms with Crippen LogP contribution in [0.2, 0.25) is 5.02 Å². The van der Waals surface area contributed by atoms with E-state index in [1.165, 1.54) is 12.8 Å². The maximum absolute atomic E-state index is 11.9. The van der Waals surface area contributed by atoms with E-state index in [0.717, 1.165) is 18.8 Å². The number of piperidine rings is 1. The third-order valence-corrected chi connectivity index (χ3v) is 4.41. The highest BCUT2D eigenvalue weighted by Crippen LogP contribution is 2.22. The van der Waals surface area contributed by atoms with Crippen LogP contribution >= 0.6 is 24.0 Å². The Kier molecular flexibility index (Phi) is 9.37. The van der Waals surface area contributed by atoms with Crippen LogP contribution < -0.4 is 15.4 Å². The molecule has 0 saturated carbocycles. The molecule has 2 unspecified atom stereocenters. The van der Waals surface area contributed by atoms with Crippen molar-refractivity contribution >= 4 is 29.9 Å². The summed E-state index contributed by atoms with van der Waals surface area (Å²) in [4.78, 5) is 11.9. The minimum Gasteiger partial charge on any atom is -0.492 e. The van der Waals surface area contributed by atoms with Crippen molar-refractivity contribution in [2.45, 2.75) is 26.2 Å². The molecule has 0 radical (unpaired) electrons. The van der Waals surface area contributed by atoms with Gasteiger partial charge in [0.15, 0.2) is 0 Å². The Labute approximate surface area is 149 Å². The van der Waals surface area contributed by atoms with Crippen LogP contribution in [0.15, 0.2) is 24.3 Å². The second-order valence-electron chi connectivity index (χ2n) is 5.94. The number of hydrogen-bond donors (Lipinski definition) is 2. The van der Waals surface area contributed by atoms with Gasteiger partial charge in [-0.3, -0.25) is 4.79 Å². The average molecular weight is 361 g/mol. The fourth-order valence-electron chi connectivity index (χ4n) is 2.79. The number of ether oxygens (including phenoxy) is 1. The molecule has 1 aromatic carbocycles. The van der Waals surface area contributed by atoms with Crippen LogP contribution in [0.3, 0.4) is 0 Å². The van der Waals surface area contributed by atoms with E-state index in [0.29, 0.717) is 36.4 Å². The van der Waals surface area contributed by atoms with Crippen molar-refractivity contribution in [2.75, 3.05) is 26.2 Å². The highest BCUT2D eigenvalue weighted by molar-refractivity contribution is 6.30. The second kappa shape index (κ2) is 10.7. The van der Waals surface area contributed by atoms with E-state index >= 15 is 0 Å². The van der Waals surface area contributed by atoms with Crippen molar-refractivity contribution in [2.24, 2.45) is 11.8 Å². The zero-order chi connectivity index (χ0) is 15.8. The molecule has 2 rings (SSSR count). The van der Waals surface area contributed by atoms with Gasteiger partial charge in [0.05, 0.1) is 6.54 Å². The predicted molar refractivity (Wildman–Crippen MR) is 96.6 cm³/mol. The normalized spacial score (nSPS) is 18.6. The zero-order valence-electron chi connectivity index (χ0n) is 13.5. The number of nitrogens with one attached hydrogen (secondary N) is 2. The molecule has 1 fully saturated rings. The van der Waals surface area contributed by atoms with Gasteiger partial charge < -0.3 is 15.4 Å². The largest absolute Gasteiger partial charge is 0.492 e. The van der Waals surface area contributed by atoms with Crippen LogP contribution in [-0.4, -0.2) is 32.1 Å². The zero-order valence-corrected chi connectivity index (χ0v) is 15.1. The first kappa shape index (κ1) is 20.1. The van der Waals surface area contributed by atoms with Crippen LogP contribution in [0.4, 0.5) is 0 Å². The maximum atomic E-state index is 11.9. The minimum absolute atomic E-state index is 0.